The lowest BCUT2D eigenvalue weighted by atomic mass is 10.1. The summed E-state index contributed by atoms with van der Waals surface area (Å²) in [6.45, 7) is 6.27. The molecule has 5 heteroatoms. The van der Waals surface area contributed by atoms with Crippen LogP contribution in [-0.4, -0.2) is 47.8 Å². The van der Waals surface area contributed by atoms with Crippen LogP contribution >= 0.6 is 12.2 Å². The molecule has 0 aliphatic carbocycles. The summed E-state index contributed by atoms with van der Waals surface area (Å²) in [7, 11) is 2.02. The predicted octanol–water partition coefficient (Wildman–Crippen LogP) is 2.04. The molecule has 1 aromatic carbocycles. The molecule has 0 heterocycles. The van der Waals surface area contributed by atoms with Gasteiger partial charge in [-0.2, -0.15) is 0 Å². The Bertz CT molecular complexity index is 434. The highest BCUT2D eigenvalue weighted by molar-refractivity contribution is 7.80. The van der Waals surface area contributed by atoms with Gasteiger partial charge in [0.2, 0.25) is 0 Å². The first kappa shape index (κ1) is 17.9. The highest BCUT2D eigenvalue weighted by Crippen LogP contribution is 2.12. The normalized spacial score (nSPS) is 12.7. The van der Waals surface area contributed by atoms with Crippen molar-refractivity contribution in [3.05, 3.63) is 29.8 Å². The lowest BCUT2D eigenvalue weighted by molar-refractivity contribution is 0.0751. The predicted molar refractivity (Wildman–Crippen MR) is 90.8 cm³/mol. The van der Waals surface area contributed by atoms with E-state index in [1.165, 1.54) is 0 Å². The molecule has 4 nitrogen and oxygen atoms in total. The van der Waals surface area contributed by atoms with Crippen LogP contribution in [0.25, 0.3) is 0 Å². The monoisotopic (exact) mass is 310 g/mol. The van der Waals surface area contributed by atoms with Crippen LogP contribution < -0.4 is 10.5 Å². The smallest absolute Gasteiger partial charge is 0.119 e. The van der Waals surface area contributed by atoms with E-state index in [1.54, 1.807) is 0 Å². The molecule has 0 aliphatic heterocycles. The maximum absolute atomic E-state index is 9.98. The van der Waals surface area contributed by atoms with Gasteiger partial charge in [-0.3, -0.25) is 0 Å². The Morgan fingerprint density at radius 3 is 2.48 bits per heavy atom. The number of nitrogens with zero attached hydrogens (tertiary/aromatic N) is 1. The summed E-state index contributed by atoms with van der Waals surface area (Å²) in [5, 5.41) is 9.98. The molecule has 0 bridgehead atoms. The van der Waals surface area contributed by atoms with E-state index < -0.39 is 6.10 Å². The third kappa shape index (κ3) is 7.41. The molecular formula is C16H26N2O2S. The first-order valence-corrected chi connectivity index (χ1v) is 7.68. The zero-order chi connectivity index (χ0) is 15.8. The van der Waals surface area contributed by atoms with Crippen LogP contribution in [0, 0.1) is 5.92 Å². The Morgan fingerprint density at radius 2 is 1.95 bits per heavy atom. The largest absolute Gasteiger partial charge is 0.491 e. The van der Waals surface area contributed by atoms with Crippen molar-refractivity contribution in [3.8, 4) is 5.75 Å². The number of benzene rings is 1. The minimum Gasteiger partial charge on any atom is -0.491 e. The third-order valence-corrected chi connectivity index (χ3v) is 3.43. The Kier molecular flexibility index (Phi) is 7.64. The summed E-state index contributed by atoms with van der Waals surface area (Å²) in [6.07, 6.45) is 0.627. The summed E-state index contributed by atoms with van der Waals surface area (Å²) < 4.78 is 5.57. The van der Waals surface area contributed by atoms with Gasteiger partial charge in [0.1, 0.15) is 23.4 Å². The van der Waals surface area contributed by atoms with E-state index in [9.17, 15) is 5.11 Å². The summed E-state index contributed by atoms with van der Waals surface area (Å²) in [6, 6.07) is 7.25. The second-order valence-corrected chi connectivity index (χ2v) is 6.24. The van der Waals surface area contributed by atoms with Crippen LogP contribution in [-0.2, 0) is 0 Å². The Balaban J connectivity index is 2.32. The standard InChI is InChI=1S/C16H26N2O2S/c1-12(2)8-9-18(3)10-14(19)11-20-15-6-4-13(5-7-15)16(17)21/h4-7,12,14,19H,8-11H2,1-3H3,(H2,17,21). The molecular weight excluding hydrogens is 284 g/mol. The number of rotatable bonds is 9. The Labute approximate surface area is 132 Å². The molecule has 0 fully saturated rings. The maximum Gasteiger partial charge on any atom is 0.119 e. The van der Waals surface area contributed by atoms with Gasteiger partial charge in [-0.1, -0.05) is 26.1 Å². The molecule has 1 unspecified atom stereocenters. The van der Waals surface area contributed by atoms with Gasteiger partial charge >= 0.3 is 0 Å². The third-order valence-electron chi connectivity index (χ3n) is 3.19. The fourth-order valence-corrected chi connectivity index (χ4v) is 2.03. The van der Waals surface area contributed by atoms with Crippen molar-refractivity contribution >= 4 is 17.2 Å². The fourth-order valence-electron chi connectivity index (χ4n) is 1.89. The summed E-state index contributed by atoms with van der Waals surface area (Å²) >= 11 is 4.89. The van der Waals surface area contributed by atoms with Crippen LogP contribution in [0.4, 0.5) is 0 Å². The zero-order valence-corrected chi connectivity index (χ0v) is 13.9. The molecule has 0 saturated heterocycles. The zero-order valence-electron chi connectivity index (χ0n) is 13.1. The van der Waals surface area contributed by atoms with Crippen molar-refractivity contribution < 1.29 is 9.84 Å². The van der Waals surface area contributed by atoms with Gasteiger partial charge in [0, 0.05) is 12.1 Å². The molecule has 0 spiro atoms. The SMILES string of the molecule is CC(C)CCN(C)CC(O)COc1ccc(C(N)=S)cc1. The highest BCUT2D eigenvalue weighted by atomic mass is 32.1. The van der Waals surface area contributed by atoms with Gasteiger partial charge < -0.3 is 20.5 Å². The molecule has 1 rings (SSSR count). The molecule has 0 radical (unpaired) electrons. The van der Waals surface area contributed by atoms with Gasteiger partial charge in [0.25, 0.3) is 0 Å². The van der Waals surface area contributed by atoms with E-state index >= 15 is 0 Å². The van der Waals surface area contributed by atoms with Crippen molar-refractivity contribution in [1.82, 2.24) is 4.90 Å². The topological polar surface area (TPSA) is 58.7 Å². The van der Waals surface area contributed by atoms with E-state index in [0.29, 0.717) is 23.2 Å². The minimum atomic E-state index is -0.502. The number of thiocarbonyl (C=S) groups is 1. The Morgan fingerprint density at radius 1 is 1.33 bits per heavy atom. The molecule has 0 saturated carbocycles. The molecule has 0 aliphatic rings. The maximum atomic E-state index is 9.98. The number of hydrogen-bond acceptors (Lipinski definition) is 4. The molecule has 1 aromatic rings. The first-order chi connectivity index (χ1) is 9.88. The van der Waals surface area contributed by atoms with E-state index in [1.807, 2.05) is 31.3 Å². The second-order valence-electron chi connectivity index (χ2n) is 5.80. The molecule has 0 amide bonds. The van der Waals surface area contributed by atoms with Gasteiger partial charge in [-0.05, 0) is 50.2 Å². The van der Waals surface area contributed by atoms with Gasteiger partial charge in [0.15, 0.2) is 0 Å². The molecule has 0 aromatic heterocycles. The van der Waals surface area contributed by atoms with Crippen molar-refractivity contribution in [2.24, 2.45) is 11.7 Å². The molecule has 1 atom stereocenters. The highest BCUT2D eigenvalue weighted by Gasteiger charge is 2.09. The summed E-state index contributed by atoms with van der Waals surface area (Å²) in [4.78, 5) is 2.50. The van der Waals surface area contributed by atoms with Gasteiger partial charge in [-0.25, -0.2) is 0 Å². The minimum absolute atomic E-state index is 0.276. The number of ether oxygens (including phenoxy) is 1. The summed E-state index contributed by atoms with van der Waals surface area (Å²) in [5.74, 6) is 1.38. The van der Waals surface area contributed by atoms with E-state index in [2.05, 4.69) is 18.7 Å². The van der Waals surface area contributed by atoms with E-state index in [0.717, 1.165) is 18.5 Å². The molecule has 3 N–H and O–H groups in total. The van der Waals surface area contributed by atoms with Gasteiger partial charge in [-0.15, -0.1) is 0 Å². The number of aliphatic hydroxyl groups is 1. The van der Waals surface area contributed by atoms with Crippen LogP contribution in [0.5, 0.6) is 5.75 Å². The number of nitrogens with two attached hydrogens (primary N) is 1. The number of likely N-dealkylation sites (N-methyl/N-ethyl adjacent to an activating group) is 1. The van der Waals surface area contributed by atoms with Crippen LogP contribution in [0.3, 0.4) is 0 Å². The average Bonchev–Trinajstić information content (AvgIpc) is 2.43. The lowest BCUT2D eigenvalue weighted by Gasteiger charge is -2.21. The quantitative estimate of drug-likeness (QED) is 0.684. The fraction of sp³-hybridized carbons (Fsp3) is 0.562. The first-order valence-electron chi connectivity index (χ1n) is 7.27. The van der Waals surface area contributed by atoms with Gasteiger partial charge in [0.05, 0.1) is 0 Å². The summed E-state index contributed by atoms with van der Waals surface area (Å²) in [5.41, 5.74) is 6.35. The van der Waals surface area contributed by atoms with E-state index in [4.69, 9.17) is 22.7 Å². The second kappa shape index (κ2) is 8.97. The average molecular weight is 310 g/mol. The lowest BCUT2D eigenvalue weighted by Crippen LogP contribution is -2.34. The molecule has 118 valence electrons. The van der Waals surface area contributed by atoms with Crippen LogP contribution in [0.1, 0.15) is 25.8 Å². The van der Waals surface area contributed by atoms with Crippen molar-refractivity contribution in [1.29, 1.82) is 0 Å². The molecule has 21 heavy (non-hydrogen) atoms. The van der Waals surface area contributed by atoms with Crippen LogP contribution in [0.2, 0.25) is 0 Å². The van der Waals surface area contributed by atoms with Crippen molar-refractivity contribution in [2.45, 2.75) is 26.4 Å². The number of aliphatic hydroxyl groups excluding tert-OH is 1. The van der Waals surface area contributed by atoms with E-state index in [-0.39, 0.29) is 6.61 Å². The number of hydrogen-bond donors (Lipinski definition) is 2. The van der Waals surface area contributed by atoms with Crippen LogP contribution in [0.15, 0.2) is 24.3 Å². The Hall–Kier alpha value is -1.17. The van der Waals surface area contributed by atoms with Crippen molar-refractivity contribution in [2.75, 3.05) is 26.7 Å². The van der Waals surface area contributed by atoms with Crippen molar-refractivity contribution in [3.63, 3.8) is 0 Å².